The highest BCUT2D eigenvalue weighted by molar-refractivity contribution is 9.10. The maximum Gasteiger partial charge on any atom is 0.319 e. The van der Waals surface area contributed by atoms with Gasteiger partial charge in [-0.2, -0.15) is 0 Å². The Labute approximate surface area is 162 Å². The van der Waals surface area contributed by atoms with E-state index in [1.54, 1.807) is 6.07 Å². The van der Waals surface area contributed by atoms with Crippen LogP contribution in [0.2, 0.25) is 5.02 Å². The summed E-state index contributed by atoms with van der Waals surface area (Å²) in [7, 11) is 0. The molecule has 25 heavy (non-hydrogen) atoms. The third-order valence-electron chi connectivity index (χ3n) is 3.59. The molecule has 0 aliphatic rings. The van der Waals surface area contributed by atoms with Crippen LogP contribution in [0.3, 0.4) is 0 Å². The fourth-order valence-corrected chi connectivity index (χ4v) is 2.90. The molecule has 0 aliphatic heterocycles. The Kier molecular flexibility index (Phi) is 7.59. The molecule has 0 radical (unpaired) electrons. The van der Waals surface area contributed by atoms with Crippen LogP contribution in [-0.2, 0) is 0 Å². The predicted molar refractivity (Wildman–Crippen MR) is 107 cm³/mol. The van der Waals surface area contributed by atoms with Crippen LogP contribution in [0.4, 0.5) is 10.5 Å². The second kappa shape index (κ2) is 9.68. The summed E-state index contributed by atoms with van der Waals surface area (Å²) >= 11 is 9.43. The van der Waals surface area contributed by atoms with Gasteiger partial charge in [-0.1, -0.05) is 53.5 Å². The van der Waals surface area contributed by atoms with Crippen LogP contribution < -0.4 is 15.4 Å². The molecule has 134 valence electrons. The van der Waals surface area contributed by atoms with Crippen molar-refractivity contribution in [3.63, 3.8) is 0 Å². The third kappa shape index (κ3) is 6.59. The minimum atomic E-state index is -0.223. The minimum Gasteiger partial charge on any atom is -0.492 e. The van der Waals surface area contributed by atoms with Crippen molar-refractivity contribution in [2.75, 3.05) is 18.5 Å². The molecule has 0 saturated carbocycles. The number of nitrogens with one attached hydrogen (secondary N) is 2. The number of amides is 2. The van der Waals surface area contributed by atoms with Crippen LogP contribution in [0.5, 0.6) is 5.75 Å². The largest absolute Gasteiger partial charge is 0.492 e. The van der Waals surface area contributed by atoms with Gasteiger partial charge in [0.15, 0.2) is 0 Å². The van der Waals surface area contributed by atoms with Gasteiger partial charge >= 0.3 is 6.03 Å². The highest BCUT2D eigenvalue weighted by atomic mass is 79.9. The zero-order chi connectivity index (χ0) is 18.2. The van der Waals surface area contributed by atoms with Gasteiger partial charge in [-0.3, -0.25) is 0 Å². The summed E-state index contributed by atoms with van der Waals surface area (Å²) in [6.07, 6.45) is 0.687. The summed E-state index contributed by atoms with van der Waals surface area (Å²) < 4.78 is 6.51. The van der Waals surface area contributed by atoms with Crippen LogP contribution in [0.25, 0.3) is 0 Å². The van der Waals surface area contributed by atoms with E-state index in [2.05, 4.69) is 40.4 Å². The number of ether oxygens (including phenoxy) is 1. The monoisotopic (exact) mass is 424 g/mol. The van der Waals surface area contributed by atoms with Crippen LogP contribution in [0.15, 0.2) is 46.9 Å². The number of carbonyl (C=O) groups is 1. The van der Waals surface area contributed by atoms with Crippen molar-refractivity contribution in [3.05, 3.63) is 57.5 Å². The van der Waals surface area contributed by atoms with Crippen molar-refractivity contribution < 1.29 is 9.53 Å². The fraction of sp³-hybridized carbons (Fsp3) is 0.316. The van der Waals surface area contributed by atoms with Gasteiger partial charge in [-0.25, -0.2) is 4.79 Å². The van der Waals surface area contributed by atoms with Crippen LogP contribution >= 0.6 is 27.5 Å². The Morgan fingerprint density at radius 1 is 1.20 bits per heavy atom. The lowest BCUT2D eigenvalue weighted by molar-refractivity contribution is 0.250. The van der Waals surface area contributed by atoms with Gasteiger partial charge < -0.3 is 15.4 Å². The molecule has 0 aromatic heterocycles. The maximum atomic E-state index is 11.9. The van der Waals surface area contributed by atoms with E-state index in [4.69, 9.17) is 16.3 Å². The van der Waals surface area contributed by atoms with E-state index in [1.165, 1.54) is 5.56 Å². The molecule has 2 aromatic carbocycles. The number of hydrogen-bond donors (Lipinski definition) is 2. The molecule has 2 aromatic rings. The molecular formula is C19H22BrClN2O2. The molecule has 2 rings (SSSR count). The third-order valence-corrected chi connectivity index (χ3v) is 4.38. The molecule has 0 unspecified atom stereocenters. The Bertz CT molecular complexity index is 705. The Morgan fingerprint density at radius 2 is 1.92 bits per heavy atom. The number of anilines is 1. The van der Waals surface area contributed by atoms with Crippen molar-refractivity contribution >= 4 is 39.2 Å². The lowest BCUT2D eigenvalue weighted by Crippen LogP contribution is -2.30. The first-order valence-corrected chi connectivity index (χ1v) is 9.35. The normalized spacial score (nSPS) is 10.6. The average molecular weight is 426 g/mol. The highest BCUT2D eigenvalue weighted by Crippen LogP contribution is 2.27. The average Bonchev–Trinajstić information content (AvgIpc) is 2.56. The number of rotatable bonds is 7. The second-order valence-electron chi connectivity index (χ2n) is 5.93. The number of carbonyl (C=O) groups excluding carboxylic acids is 1. The van der Waals surface area contributed by atoms with E-state index in [0.29, 0.717) is 36.3 Å². The molecule has 6 heteroatoms. The Morgan fingerprint density at radius 3 is 2.56 bits per heavy atom. The number of benzene rings is 2. The first kappa shape index (κ1) is 19.6. The second-order valence-corrected chi connectivity index (χ2v) is 7.26. The van der Waals surface area contributed by atoms with Crippen LogP contribution in [0, 0.1) is 0 Å². The molecule has 0 fully saturated rings. The topological polar surface area (TPSA) is 50.4 Å². The number of halogens is 2. The van der Waals surface area contributed by atoms with E-state index >= 15 is 0 Å². The van der Waals surface area contributed by atoms with E-state index in [1.807, 2.05) is 36.4 Å². The summed E-state index contributed by atoms with van der Waals surface area (Å²) in [5, 5.41) is 6.18. The molecule has 0 saturated heterocycles. The SMILES string of the molecule is CC(C)c1ccc(NC(=O)NCCCOc2ccc(Br)cc2Cl)cc1. The van der Waals surface area contributed by atoms with Gasteiger partial charge in [0.05, 0.1) is 11.6 Å². The van der Waals surface area contributed by atoms with Gasteiger partial charge in [0.25, 0.3) is 0 Å². The predicted octanol–water partition coefficient (Wildman–Crippen LogP) is 5.82. The van der Waals surface area contributed by atoms with E-state index in [-0.39, 0.29) is 6.03 Å². The van der Waals surface area contributed by atoms with Crippen molar-refractivity contribution in [3.8, 4) is 5.75 Å². The number of hydrogen-bond acceptors (Lipinski definition) is 2. The Balaban J connectivity index is 1.66. The van der Waals surface area contributed by atoms with Gasteiger partial charge in [0, 0.05) is 16.7 Å². The zero-order valence-electron chi connectivity index (χ0n) is 14.3. The smallest absolute Gasteiger partial charge is 0.319 e. The van der Waals surface area contributed by atoms with Crippen LogP contribution in [-0.4, -0.2) is 19.2 Å². The zero-order valence-corrected chi connectivity index (χ0v) is 16.7. The summed E-state index contributed by atoms with van der Waals surface area (Å²) in [6, 6.07) is 13.1. The molecule has 0 aliphatic carbocycles. The Hall–Kier alpha value is -1.72. The van der Waals surface area contributed by atoms with Gasteiger partial charge in [-0.05, 0) is 48.2 Å². The molecular weight excluding hydrogens is 404 g/mol. The summed E-state index contributed by atoms with van der Waals surface area (Å²) in [6.45, 7) is 5.27. The lowest BCUT2D eigenvalue weighted by atomic mass is 10.0. The minimum absolute atomic E-state index is 0.223. The summed E-state index contributed by atoms with van der Waals surface area (Å²) in [4.78, 5) is 11.9. The van der Waals surface area contributed by atoms with Gasteiger partial charge in [0.2, 0.25) is 0 Å². The van der Waals surface area contributed by atoms with Crippen molar-refractivity contribution in [2.24, 2.45) is 0 Å². The first-order chi connectivity index (χ1) is 12.0. The van der Waals surface area contributed by atoms with Crippen LogP contribution in [0.1, 0.15) is 31.7 Å². The van der Waals surface area contributed by atoms with E-state index in [9.17, 15) is 4.79 Å². The van der Waals surface area contributed by atoms with E-state index < -0.39 is 0 Å². The summed E-state index contributed by atoms with van der Waals surface area (Å²) in [5.41, 5.74) is 2.02. The van der Waals surface area contributed by atoms with Gasteiger partial charge in [-0.15, -0.1) is 0 Å². The first-order valence-electron chi connectivity index (χ1n) is 8.18. The molecule has 2 amide bonds. The standard InChI is InChI=1S/C19H22BrClN2O2/c1-13(2)14-4-7-16(8-5-14)23-19(24)22-10-3-11-25-18-9-6-15(20)12-17(18)21/h4-9,12-13H,3,10-11H2,1-2H3,(H2,22,23,24). The highest BCUT2D eigenvalue weighted by Gasteiger charge is 2.04. The van der Waals surface area contributed by atoms with Crippen molar-refractivity contribution in [1.82, 2.24) is 5.32 Å². The van der Waals surface area contributed by atoms with Crippen molar-refractivity contribution in [2.45, 2.75) is 26.2 Å². The molecule has 0 atom stereocenters. The van der Waals surface area contributed by atoms with Crippen molar-refractivity contribution in [1.29, 1.82) is 0 Å². The molecule has 4 nitrogen and oxygen atoms in total. The molecule has 0 bridgehead atoms. The molecule has 2 N–H and O–H groups in total. The van der Waals surface area contributed by atoms with Gasteiger partial charge in [0.1, 0.15) is 5.75 Å². The molecule has 0 heterocycles. The lowest BCUT2D eigenvalue weighted by Gasteiger charge is -2.11. The fourth-order valence-electron chi connectivity index (χ4n) is 2.18. The summed E-state index contributed by atoms with van der Waals surface area (Å²) in [5.74, 6) is 1.11. The van der Waals surface area contributed by atoms with E-state index in [0.717, 1.165) is 10.2 Å². The number of urea groups is 1. The quantitative estimate of drug-likeness (QED) is 0.549. The maximum absolute atomic E-state index is 11.9. The molecule has 0 spiro atoms.